The molecule has 1 aliphatic heterocycles. The number of nitriles is 1. The number of ether oxygens (including phenoxy) is 1. The lowest BCUT2D eigenvalue weighted by atomic mass is 9.93. The third kappa shape index (κ3) is 6.79. The molecule has 1 unspecified atom stereocenters. The topological polar surface area (TPSA) is 82.4 Å². The van der Waals surface area contributed by atoms with Gasteiger partial charge in [0.25, 0.3) is 0 Å². The second kappa shape index (κ2) is 8.02. The van der Waals surface area contributed by atoms with Gasteiger partial charge in [-0.3, -0.25) is 4.79 Å². The first-order valence-electron chi connectivity index (χ1n) is 7.85. The Morgan fingerprint density at radius 3 is 2.45 bits per heavy atom. The lowest BCUT2D eigenvalue weighted by Gasteiger charge is -2.33. The molecule has 0 aromatic rings. The van der Waals surface area contributed by atoms with Crippen LogP contribution >= 0.6 is 0 Å². The second-order valence-electron chi connectivity index (χ2n) is 6.95. The van der Waals surface area contributed by atoms with Crippen LogP contribution in [-0.4, -0.2) is 42.1 Å². The van der Waals surface area contributed by atoms with E-state index in [1.165, 1.54) is 0 Å². The van der Waals surface area contributed by atoms with Gasteiger partial charge in [-0.2, -0.15) is 5.26 Å². The molecule has 0 aliphatic carbocycles. The number of nitrogens with zero attached hydrogens (tertiary/aromatic N) is 2. The molecule has 1 fully saturated rings. The predicted octanol–water partition coefficient (Wildman–Crippen LogP) is 2.30. The van der Waals surface area contributed by atoms with Crippen molar-refractivity contribution in [3.63, 3.8) is 0 Å². The molecule has 2 amide bonds. The molecule has 22 heavy (non-hydrogen) atoms. The molecule has 0 aromatic heterocycles. The van der Waals surface area contributed by atoms with E-state index in [4.69, 9.17) is 10.00 Å². The van der Waals surface area contributed by atoms with Crippen molar-refractivity contribution in [3.05, 3.63) is 0 Å². The maximum atomic E-state index is 11.9. The van der Waals surface area contributed by atoms with Crippen LogP contribution in [-0.2, 0) is 9.53 Å². The molecule has 1 heterocycles. The van der Waals surface area contributed by atoms with Crippen molar-refractivity contribution in [3.8, 4) is 6.07 Å². The highest BCUT2D eigenvalue weighted by Gasteiger charge is 2.27. The number of hydrogen-bond donors (Lipinski definition) is 1. The van der Waals surface area contributed by atoms with E-state index >= 15 is 0 Å². The van der Waals surface area contributed by atoms with Crippen LogP contribution in [0.3, 0.4) is 0 Å². The minimum absolute atomic E-state index is 0.0159. The summed E-state index contributed by atoms with van der Waals surface area (Å²) >= 11 is 0. The molecule has 6 heteroatoms. The SMILES string of the molecule is CC(C#N)CNC(=O)CC1CCN(C(=O)OC(C)(C)C)CC1. The third-order valence-corrected chi connectivity index (χ3v) is 3.57. The van der Waals surface area contributed by atoms with E-state index in [2.05, 4.69) is 11.4 Å². The Morgan fingerprint density at radius 1 is 1.36 bits per heavy atom. The maximum absolute atomic E-state index is 11.9. The molecule has 1 N–H and O–H groups in total. The molecule has 0 bridgehead atoms. The minimum atomic E-state index is -0.481. The van der Waals surface area contributed by atoms with Gasteiger partial charge >= 0.3 is 6.09 Å². The number of likely N-dealkylation sites (tertiary alicyclic amines) is 1. The van der Waals surface area contributed by atoms with Gasteiger partial charge in [-0.05, 0) is 46.5 Å². The lowest BCUT2D eigenvalue weighted by molar-refractivity contribution is -0.122. The maximum Gasteiger partial charge on any atom is 0.410 e. The first-order valence-corrected chi connectivity index (χ1v) is 7.85. The highest BCUT2D eigenvalue weighted by molar-refractivity contribution is 5.76. The van der Waals surface area contributed by atoms with Crippen molar-refractivity contribution in [2.75, 3.05) is 19.6 Å². The molecule has 1 saturated heterocycles. The summed E-state index contributed by atoms with van der Waals surface area (Å²) in [6, 6.07) is 2.09. The second-order valence-corrected chi connectivity index (χ2v) is 6.95. The molecule has 0 aromatic carbocycles. The summed E-state index contributed by atoms with van der Waals surface area (Å²) < 4.78 is 5.35. The first-order chi connectivity index (χ1) is 10.2. The average molecular weight is 309 g/mol. The number of rotatable bonds is 4. The molecular formula is C16H27N3O3. The van der Waals surface area contributed by atoms with Crippen LogP contribution in [0.2, 0.25) is 0 Å². The number of nitrogens with one attached hydrogen (secondary N) is 1. The summed E-state index contributed by atoms with van der Waals surface area (Å²) in [5, 5.41) is 11.5. The van der Waals surface area contributed by atoms with E-state index < -0.39 is 5.60 Å². The summed E-state index contributed by atoms with van der Waals surface area (Å²) in [6.07, 6.45) is 1.79. The van der Waals surface area contributed by atoms with E-state index in [1.807, 2.05) is 20.8 Å². The van der Waals surface area contributed by atoms with Gasteiger partial charge in [-0.1, -0.05) is 0 Å². The standard InChI is InChI=1S/C16H27N3O3/c1-12(10-17)11-18-14(20)9-13-5-7-19(8-6-13)15(21)22-16(2,3)4/h12-13H,5-9,11H2,1-4H3,(H,18,20). The smallest absolute Gasteiger partial charge is 0.410 e. The van der Waals surface area contributed by atoms with Crippen molar-refractivity contribution in [1.29, 1.82) is 5.26 Å². The van der Waals surface area contributed by atoms with Crippen LogP contribution in [0.25, 0.3) is 0 Å². The van der Waals surface area contributed by atoms with Gasteiger partial charge in [0, 0.05) is 26.1 Å². The zero-order valence-electron chi connectivity index (χ0n) is 14.0. The molecule has 1 atom stereocenters. The van der Waals surface area contributed by atoms with Gasteiger partial charge in [0.2, 0.25) is 5.91 Å². The van der Waals surface area contributed by atoms with Gasteiger partial charge in [-0.15, -0.1) is 0 Å². The van der Waals surface area contributed by atoms with Crippen molar-refractivity contribution in [1.82, 2.24) is 10.2 Å². The van der Waals surface area contributed by atoms with Crippen molar-refractivity contribution in [2.24, 2.45) is 11.8 Å². The van der Waals surface area contributed by atoms with Crippen LogP contribution in [0.1, 0.15) is 47.0 Å². The van der Waals surface area contributed by atoms with Crippen molar-refractivity contribution >= 4 is 12.0 Å². The highest BCUT2D eigenvalue weighted by Crippen LogP contribution is 2.22. The summed E-state index contributed by atoms with van der Waals surface area (Å²) in [5.41, 5.74) is -0.481. The van der Waals surface area contributed by atoms with E-state index in [0.717, 1.165) is 12.8 Å². The number of carbonyl (C=O) groups excluding carboxylic acids is 2. The first kappa shape index (κ1) is 18.3. The van der Waals surface area contributed by atoms with Crippen LogP contribution in [0.4, 0.5) is 4.79 Å². The quantitative estimate of drug-likeness (QED) is 0.864. The van der Waals surface area contributed by atoms with Crippen LogP contribution in [0.5, 0.6) is 0 Å². The van der Waals surface area contributed by atoms with Gasteiger partial charge in [0.1, 0.15) is 5.60 Å². The van der Waals surface area contributed by atoms with E-state index in [1.54, 1.807) is 11.8 Å². The monoisotopic (exact) mass is 309 g/mol. The number of hydrogen-bond acceptors (Lipinski definition) is 4. The normalized spacial score (nSPS) is 17.5. The van der Waals surface area contributed by atoms with Crippen LogP contribution in [0, 0.1) is 23.2 Å². The van der Waals surface area contributed by atoms with Crippen molar-refractivity contribution in [2.45, 2.75) is 52.6 Å². The fourth-order valence-electron chi connectivity index (χ4n) is 2.29. The fourth-order valence-corrected chi connectivity index (χ4v) is 2.29. The molecule has 6 nitrogen and oxygen atoms in total. The van der Waals surface area contributed by atoms with Crippen molar-refractivity contribution < 1.29 is 14.3 Å². The largest absolute Gasteiger partial charge is 0.444 e. The van der Waals surface area contributed by atoms with Gasteiger partial charge in [0.05, 0.1) is 12.0 Å². The molecule has 1 rings (SSSR count). The Morgan fingerprint density at radius 2 is 1.95 bits per heavy atom. The molecule has 1 aliphatic rings. The molecule has 0 spiro atoms. The number of amides is 2. The molecular weight excluding hydrogens is 282 g/mol. The number of carbonyl (C=O) groups is 2. The molecule has 0 radical (unpaired) electrons. The summed E-state index contributed by atoms with van der Waals surface area (Å²) in [6.45, 7) is 8.98. The lowest BCUT2D eigenvalue weighted by Crippen LogP contribution is -2.42. The predicted molar refractivity (Wildman–Crippen MR) is 82.9 cm³/mol. The number of piperidine rings is 1. The zero-order valence-corrected chi connectivity index (χ0v) is 14.0. The highest BCUT2D eigenvalue weighted by atomic mass is 16.6. The van der Waals surface area contributed by atoms with E-state index in [0.29, 0.717) is 26.1 Å². The molecule has 0 saturated carbocycles. The van der Waals surface area contributed by atoms with Gasteiger partial charge in [0.15, 0.2) is 0 Å². The Hall–Kier alpha value is -1.77. The Kier molecular flexibility index (Phi) is 6.66. The summed E-state index contributed by atoms with van der Waals surface area (Å²) in [5.74, 6) is 0.104. The van der Waals surface area contributed by atoms with Crippen LogP contribution < -0.4 is 5.32 Å². The fraction of sp³-hybridized carbons (Fsp3) is 0.812. The van der Waals surface area contributed by atoms with E-state index in [-0.39, 0.29) is 23.8 Å². The third-order valence-electron chi connectivity index (χ3n) is 3.57. The van der Waals surface area contributed by atoms with Gasteiger partial charge < -0.3 is 15.0 Å². The van der Waals surface area contributed by atoms with E-state index in [9.17, 15) is 9.59 Å². The average Bonchev–Trinajstić information content (AvgIpc) is 2.43. The zero-order chi connectivity index (χ0) is 16.8. The van der Waals surface area contributed by atoms with Crippen LogP contribution in [0.15, 0.2) is 0 Å². The van der Waals surface area contributed by atoms with Gasteiger partial charge in [-0.25, -0.2) is 4.79 Å². The molecule has 124 valence electrons. The Balaban J connectivity index is 2.29. The summed E-state index contributed by atoms with van der Waals surface area (Å²) in [4.78, 5) is 25.5. The minimum Gasteiger partial charge on any atom is -0.444 e. The Bertz CT molecular complexity index is 429. The summed E-state index contributed by atoms with van der Waals surface area (Å²) in [7, 11) is 0. The Labute approximate surface area is 132 Å².